The maximum Gasteiger partial charge on any atom is 0.255 e. The molecule has 138 valence electrons. The summed E-state index contributed by atoms with van der Waals surface area (Å²) in [5.74, 6) is 1.05. The number of nitrogens with one attached hydrogen (secondary N) is 1. The van der Waals surface area contributed by atoms with E-state index in [4.69, 9.17) is 5.11 Å². The lowest BCUT2D eigenvalue weighted by Gasteiger charge is -2.33. The summed E-state index contributed by atoms with van der Waals surface area (Å²) in [6.45, 7) is 4.33. The van der Waals surface area contributed by atoms with Gasteiger partial charge in [0.05, 0.1) is 12.2 Å². The summed E-state index contributed by atoms with van der Waals surface area (Å²) in [6, 6.07) is 4.18. The van der Waals surface area contributed by atoms with Crippen molar-refractivity contribution < 1.29 is 9.90 Å². The molecule has 2 saturated heterocycles. The van der Waals surface area contributed by atoms with Gasteiger partial charge in [0.15, 0.2) is 0 Å². The molecule has 3 heterocycles. The quantitative estimate of drug-likeness (QED) is 0.848. The smallest absolute Gasteiger partial charge is 0.255 e. The molecular formula is C19H30N4O2. The minimum atomic E-state index is 0.0606. The molecule has 2 N–H and O–H groups in total. The number of amides is 1. The van der Waals surface area contributed by atoms with Gasteiger partial charge in [-0.05, 0) is 37.8 Å². The van der Waals surface area contributed by atoms with Crippen LogP contribution in [-0.4, -0.2) is 66.3 Å². The first kappa shape index (κ1) is 18.1. The zero-order valence-electron chi connectivity index (χ0n) is 15.0. The van der Waals surface area contributed by atoms with Crippen molar-refractivity contribution in [3.8, 4) is 0 Å². The summed E-state index contributed by atoms with van der Waals surface area (Å²) in [6.07, 6.45) is 8.81. The number of nitrogens with zero attached hydrogens (tertiary/aromatic N) is 3. The van der Waals surface area contributed by atoms with Crippen molar-refractivity contribution in [1.29, 1.82) is 0 Å². The van der Waals surface area contributed by atoms with E-state index in [-0.39, 0.29) is 18.6 Å². The monoisotopic (exact) mass is 346 g/mol. The fourth-order valence-corrected chi connectivity index (χ4v) is 3.78. The lowest BCUT2D eigenvalue weighted by Crippen LogP contribution is -2.48. The SMILES string of the molecule is O=C(c1ccc(N2CCCCCC2)nc1)N1CCCC(NCCO)C1. The van der Waals surface area contributed by atoms with Gasteiger partial charge in [-0.3, -0.25) is 4.79 Å². The molecule has 0 saturated carbocycles. The molecule has 1 aromatic rings. The molecule has 2 aliphatic rings. The van der Waals surface area contributed by atoms with Crippen LogP contribution >= 0.6 is 0 Å². The lowest BCUT2D eigenvalue weighted by molar-refractivity contribution is 0.0692. The Morgan fingerprint density at radius 3 is 2.64 bits per heavy atom. The number of hydrogen-bond acceptors (Lipinski definition) is 5. The lowest BCUT2D eigenvalue weighted by atomic mass is 10.0. The molecule has 1 aromatic heterocycles. The number of carbonyl (C=O) groups is 1. The molecular weight excluding hydrogens is 316 g/mol. The van der Waals surface area contributed by atoms with Gasteiger partial charge in [-0.15, -0.1) is 0 Å². The topological polar surface area (TPSA) is 68.7 Å². The maximum absolute atomic E-state index is 12.8. The molecule has 1 atom stereocenters. The number of likely N-dealkylation sites (tertiary alicyclic amines) is 1. The first-order valence-electron chi connectivity index (χ1n) is 9.62. The van der Waals surface area contributed by atoms with Crippen molar-refractivity contribution in [2.24, 2.45) is 0 Å². The number of aliphatic hydroxyl groups is 1. The third-order valence-corrected chi connectivity index (χ3v) is 5.18. The van der Waals surface area contributed by atoms with Crippen LogP contribution in [0.2, 0.25) is 0 Å². The van der Waals surface area contributed by atoms with Gasteiger partial charge in [-0.2, -0.15) is 0 Å². The number of carbonyl (C=O) groups excluding carboxylic acids is 1. The highest BCUT2D eigenvalue weighted by atomic mass is 16.3. The van der Waals surface area contributed by atoms with E-state index in [9.17, 15) is 4.79 Å². The van der Waals surface area contributed by atoms with Crippen LogP contribution in [0.25, 0.3) is 0 Å². The highest BCUT2D eigenvalue weighted by Gasteiger charge is 2.24. The van der Waals surface area contributed by atoms with Crippen LogP contribution in [0.1, 0.15) is 48.9 Å². The molecule has 6 heteroatoms. The van der Waals surface area contributed by atoms with E-state index in [2.05, 4.69) is 15.2 Å². The van der Waals surface area contributed by atoms with E-state index in [0.29, 0.717) is 18.7 Å². The zero-order chi connectivity index (χ0) is 17.5. The third kappa shape index (κ3) is 4.92. The normalized spacial score (nSPS) is 21.9. The van der Waals surface area contributed by atoms with Crippen LogP contribution in [0.3, 0.4) is 0 Å². The number of piperidine rings is 1. The van der Waals surface area contributed by atoms with Crippen LogP contribution in [0, 0.1) is 0 Å². The predicted octanol–water partition coefficient (Wildman–Crippen LogP) is 1.65. The highest BCUT2D eigenvalue weighted by molar-refractivity contribution is 5.94. The molecule has 0 radical (unpaired) electrons. The van der Waals surface area contributed by atoms with Crippen molar-refractivity contribution in [2.75, 3.05) is 44.2 Å². The van der Waals surface area contributed by atoms with Gasteiger partial charge in [0.1, 0.15) is 5.82 Å². The Hall–Kier alpha value is -1.66. The van der Waals surface area contributed by atoms with Gasteiger partial charge >= 0.3 is 0 Å². The minimum Gasteiger partial charge on any atom is -0.395 e. The average Bonchev–Trinajstić information content (AvgIpc) is 2.96. The second kappa shape index (κ2) is 9.15. The number of rotatable bonds is 5. The van der Waals surface area contributed by atoms with E-state index in [0.717, 1.165) is 38.3 Å². The van der Waals surface area contributed by atoms with Crippen molar-refractivity contribution in [1.82, 2.24) is 15.2 Å². The van der Waals surface area contributed by atoms with Crippen molar-refractivity contribution in [3.05, 3.63) is 23.9 Å². The summed E-state index contributed by atoms with van der Waals surface area (Å²) in [5.41, 5.74) is 0.668. The van der Waals surface area contributed by atoms with Gasteiger partial charge in [-0.1, -0.05) is 12.8 Å². The maximum atomic E-state index is 12.8. The van der Waals surface area contributed by atoms with Crippen molar-refractivity contribution in [3.63, 3.8) is 0 Å². The van der Waals surface area contributed by atoms with Gasteiger partial charge < -0.3 is 20.2 Å². The number of aromatic nitrogens is 1. The fraction of sp³-hybridized carbons (Fsp3) is 0.684. The molecule has 2 fully saturated rings. The van der Waals surface area contributed by atoms with Gasteiger partial charge in [0.2, 0.25) is 0 Å². The number of aliphatic hydroxyl groups excluding tert-OH is 1. The zero-order valence-corrected chi connectivity index (χ0v) is 15.0. The van der Waals surface area contributed by atoms with Crippen LogP contribution in [0.4, 0.5) is 5.82 Å². The molecule has 1 amide bonds. The van der Waals surface area contributed by atoms with Gasteiger partial charge in [-0.25, -0.2) is 4.98 Å². The van der Waals surface area contributed by atoms with E-state index < -0.39 is 0 Å². The van der Waals surface area contributed by atoms with Gasteiger partial charge in [0, 0.05) is 45.0 Å². The van der Waals surface area contributed by atoms with Crippen molar-refractivity contribution in [2.45, 2.75) is 44.6 Å². The molecule has 6 nitrogen and oxygen atoms in total. The fourth-order valence-electron chi connectivity index (χ4n) is 3.78. The van der Waals surface area contributed by atoms with Crippen LogP contribution in [0.5, 0.6) is 0 Å². The van der Waals surface area contributed by atoms with Crippen LogP contribution in [-0.2, 0) is 0 Å². The second-order valence-corrected chi connectivity index (χ2v) is 7.07. The summed E-state index contributed by atoms with van der Waals surface area (Å²) in [7, 11) is 0. The van der Waals surface area contributed by atoms with Crippen LogP contribution in [0.15, 0.2) is 18.3 Å². The molecule has 3 rings (SSSR count). The first-order valence-corrected chi connectivity index (χ1v) is 9.62. The van der Waals surface area contributed by atoms with E-state index in [1.165, 1.54) is 25.7 Å². The third-order valence-electron chi connectivity index (χ3n) is 5.18. The Morgan fingerprint density at radius 2 is 1.96 bits per heavy atom. The van der Waals surface area contributed by atoms with E-state index >= 15 is 0 Å². The molecule has 25 heavy (non-hydrogen) atoms. The summed E-state index contributed by atoms with van der Waals surface area (Å²) in [4.78, 5) is 21.5. The standard InChI is InChI=1S/C19H30N4O2/c24-13-9-20-17-6-5-12-23(15-17)19(25)16-7-8-18(21-14-16)22-10-3-1-2-4-11-22/h7-8,14,17,20,24H,1-6,9-13,15H2. The summed E-state index contributed by atoms with van der Waals surface area (Å²) in [5, 5.41) is 12.2. The van der Waals surface area contributed by atoms with E-state index in [1.54, 1.807) is 6.20 Å². The predicted molar refractivity (Wildman–Crippen MR) is 98.9 cm³/mol. The Kier molecular flexibility index (Phi) is 6.64. The Labute approximate surface area is 150 Å². The number of pyridine rings is 1. The Morgan fingerprint density at radius 1 is 1.16 bits per heavy atom. The minimum absolute atomic E-state index is 0.0606. The first-order chi connectivity index (χ1) is 12.3. The average molecular weight is 346 g/mol. The molecule has 1 unspecified atom stereocenters. The Balaban J connectivity index is 1.60. The summed E-state index contributed by atoms with van der Waals surface area (Å²) >= 11 is 0. The summed E-state index contributed by atoms with van der Waals surface area (Å²) < 4.78 is 0. The Bertz CT molecular complexity index is 541. The number of anilines is 1. The molecule has 0 spiro atoms. The molecule has 0 aromatic carbocycles. The molecule has 0 bridgehead atoms. The van der Waals surface area contributed by atoms with Crippen molar-refractivity contribution >= 4 is 11.7 Å². The molecule has 2 aliphatic heterocycles. The largest absolute Gasteiger partial charge is 0.395 e. The second-order valence-electron chi connectivity index (χ2n) is 7.07. The molecule has 0 aliphatic carbocycles. The van der Waals surface area contributed by atoms with E-state index in [1.807, 2.05) is 17.0 Å². The van der Waals surface area contributed by atoms with Gasteiger partial charge in [0.25, 0.3) is 5.91 Å². The van der Waals surface area contributed by atoms with Crippen LogP contribution < -0.4 is 10.2 Å². The highest BCUT2D eigenvalue weighted by Crippen LogP contribution is 2.19. The number of hydrogen-bond donors (Lipinski definition) is 2.